The third-order valence-corrected chi connectivity index (χ3v) is 3.59. The second kappa shape index (κ2) is 6.17. The lowest BCUT2D eigenvalue weighted by Gasteiger charge is -2.12. The predicted octanol–water partition coefficient (Wildman–Crippen LogP) is 4.00. The Morgan fingerprint density at radius 1 is 1.21 bits per heavy atom. The van der Waals surface area contributed by atoms with Gasteiger partial charge >= 0.3 is 0 Å². The van der Waals surface area contributed by atoms with E-state index in [9.17, 15) is 0 Å². The summed E-state index contributed by atoms with van der Waals surface area (Å²) in [6, 6.07) is 14.2. The molecule has 0 aliphatic carbocycles. The van der Waals surface area contributed by atoms with Crippen LogP contribution in [0.5, 0.6) is 0 Å². The average molecular weight is 335 g/mol. The number of nitrogens with one attached hydrogen (secondary N) is 1. The molecule has 0 atom stereocenters. The Balaban J connectivity index is 2.16. The highest BCUT2D eigenvalue weighted by Gasteiger charge is 2.05. The monoisotopic (exact) mass is 334 g/mol. The van der Waals surface area contributed by atoms with E-state index in [1.165, 1.54) is 11.1 Å². The zero-order valence-electron chi connectivity index (χ0n) is 10.6. The summed E-state index contributed by atoms with van der Waals surface area (Å²) in [6.07, 6.45) is 0. The number of hydrogen-bond donors (Lipinski definition) is 2. The van der Waals surface area contributed by atoms with Crippen molar-refractivity contribution in [2.45, 2.75) is 13.5 Å². The number of hydrogen-bond acceptors (Lipinski definition) is 2. The molecule has 2 rings (SSSR count). The molecule has 2 aromatic rings. The average Bonchev–Trinajstić information content (AvgIpc) is 2.38. The number of halogens is 1. The highest BCUT2D eigenvalue weighted by atomic mass is 79.9. The van der Waals surface area contributed by atoms with Crippen LogP contribution in [0.3, 0.4) is 0 Å². The van der Waals surface area contributed by atoms with Crippen LogP contribution >= 0.6 is 28.1 Å². The van der Waals surface area contributed by atoms with Gasteiger partial charge in [-0.25, -0.2) is 0 Å². The van der Waals surface area contributed by atoms with E-state index in [4.69, 9.17) is 18.0 Å². The number of aryl methyl sites for hydroxylation is 1. The second-order valence-corrected chi connectivity index (χ2v) is 5.75. The van der Waals surface area contributed by atoms with Crippen molar-refractivity contribution in [2.75, 3.05) is 5.32 Å². The second-order valence-electron chi connectivity index (χ2n) is 4.39. The molecule has 2 nitrogen and oxygen atoms in total. The molecule has 3 N–H and O–H groups in total. The molecule has 0 fully saturated rings. The van der Waals surface area contributed by atoms with Crippen LogP contribution in [0.1, 0.15) is 16.7 Å². The smallest absolute Gasteiger partial charge is 0.106 e. The van der Waals surface area contributed by atoms with Gasteiger partial charge in [0.25, 0.3) is 0 Å². The van der Waals surface area contributed by atoms with E-state index in [2.05, 4.69) is 39.4 Å². The summed E-state index contributed by atoms with van der Waals surface area (Å²) in [6.45, 7) is 2.79. The summed E-state index contributed by atoms with van der Waals surface area (Å²) in [5.41, 5.74) is 9.99. The highest BCUT2D eigenvalue weighted by molar-refractivity contribution is 9.10. The Bertz CT molecular complexity index is 594. The van der Waals surface area contributed by atoms with Gasteiger partial charge in [0.2, 0.25) is 0 Å². The van der Waals surface area contributed by atoms with Gasteiger partial charge in [-0.3, -0.25) is 0 Å². The predicted molar refractivity (Wildman–Crippen MR) is 88.5 cm³/mol. The van der Waals surface area contributed by atoms with Gasteiger partial charge in [-0.1, -0.05) is 46.3 Å². The molecule has 0 saturated carbocycles. The van der Waals surface area contributed by atoms with Crippen LogP contribution in [0.2, 0.25) is 0 Å². The van der Waals surface area contributed by atoms with Crippen LogP contribution in [0.25, 0.3) is 0 Å². The Kier molecular flexibility index (Phi) is 4.56. The van der Waals surface area contributed by atoms with E-state index in [-0.39, 0.29) is 0 Å². The van der Waals surface area contributed by atoms with Gasteiger partial charge in [-0.2, -0.15) is 0 Å². The molecule has 4 heteroatoms. The first kappa shape index (κ1) is 14.0. The fraction of sp³-hybridized carbons (Fsp3) is 0.133. The Morgan fingerprint density at radius 3 is 2.53 bits per heavy atom. The molecule has 0 bridgehead atoms. The molecular weight excluding hydrogens is 320 g/mol. The van der Waals surface area contributed by atoms with E-state index in [0.717, 1.165) is 22.3 Å². The maximum atomic E-state index is 5.74. The van der Waals surface area contributed by atoms with Gasteiger partial charge in [-0.05, 0) is 42.3 Å². The van der Waals surface area contributed by atoms with E-state index < -0.39 is 0 Å². The minimum absolute atomic E-state index is 0.415. The fourth-order valence-electron chi connectivity index (χ4n) is 1.82. The first-order valence-corrected chi connectivity index (χ1v) is 7.15. The quantitative estimate of drug-likeness (QED) is 0.830. The third kappa shape index (κ3) is 3.78. The molecule has 0 radical (unpaired) electrons. The van der Waals surface area contributed by atoms with Crippen molar-refractivity contribution >= 4 is 38.8 Å². The van der Waals surface area contributed by atoms with E-state index in [1.807, 2.05) is 31.2 Å². The van der Waals surface area contributed by atoms with Gasteiger partial charge in [0.05, 0.1) is 0 Å². The molecule has 2 aromatic carbocycles. The van der Waals surface area contributed by atoms with E-state index in [1.54, 1.807) is 0 Å². The van der Waals surface area contributed by atoms with Crippen LogP contribution in [-0.4, -0.2) is 4.99 Å². The highest BCUT2D eigenvalue weighted by Crippen LogP contribution is 2.19. The topological polar surface area (TPSA) is 38.0 Å². The lowest BCUT2D eigenvalue weighted by atomic mass is 10.1. The summed E-state index contributed by atoms with van der Waals surface area (Å²) in [5.74, 6) is 0. The maximum absolute atomic E-state index is 5.74. The third-order valence-electron chi connectivity index (χ3n) is 2.84. The minimum Gasteiger partial charge on any atom is -0.389 e. The summed E-state index contributed by atoms with van der Waals surface area (Å²) in [5, 5.41) is 3.39. The Morgan fingerprint density at radius 2 is 1.89 bits per heavy atom. The number of rotatable bonds is 4. The van der Waals surface area contributed by atoms with Crippen molar-refractivity contribution in [3.8, 4) is 0 Å². The lowest BCUT2D eigenvalue weighted by molar-refractivity contribution is 1.14. The van der Waals surface area contributed by atoms with Gasteiger partial charge in [0.1, 0.15) is 4.99 Å². The molecule has 0 saturated heterocycles. The van der Waals surface area contributed by atoms with E-state index in [0.29, 0.717) is 4.99 Å². The van der Waals surface area contributed by atoms with Crippen LogP contribution in [-0.2, 0) is 6.54 Å². The van der Waals surface area contributed by atoms with Gasteiger partial charge in [-0.15, -0.1) is 0 Å². The molecule has 0 aliphatic heterocycles. The van der Waals surface area contributed by atoms with Gasteiger partial charge < -0.3 is 11.1 Å². The molecular formula is C15H15BrN2S. The van der Waals surface area contributed by atoms with Crippen molar-refractivity contribution in [3.63, 3.8) is 0 Å². The molecule has 19 heavy (non-hydrogen) atoms. The van der Waals surface area contributed by atoms with E-state index >= 15 is 0 Å². The Hall–Kier alpha value is -1.39. The molecule has 0 amide bonds. The van der Waals surface area contributed by atoms with Crippen LogP contribution in [0.15, 0.2) is 46.9 Å². The van der Waals surface area contributed by atoms with Gasteiger partial charge in [0.15, 0.2) is 0 Å². The summed E-state index contributed by atoms with van der Waals surface area (Å²) in [7, 11) is 0. The lowest BCUT2D eigenvalue weighted by Crippen LogP contribution is -2.13. The zero-order valence-corrected chi connectivity index (χ0v) is 13.0. The Labute approximate surface area is 127 Å². The van der Waals surface area contributed by atoms with Gasteiger partial charge in [0, 0.05) is 22.3 Å². The summed E-state index contributed by atoms with van der Waals surface area (Å²) < 4.78 is 1.08. The van der Waals surface area contributed by atoms with Crippen molar-refractivity contribution in [1.82, 2.24) is 0 Å². The normalized spacial score (nSPS) is 10.2. The van der Waals surface area contributed by atoms with Crippen molar-refractivity contribution < 1.29 is 0 Å². The van der Waals surface area contributed by atoms with Crippen LogP contribution in [0, 0.1) is 6.92 Å². The number of benzene rings is 2. The largest absolute Gasteiger partial charge is 0.389 e. The fourth-order valence-corrected chi connectivity index (χ4v) is 2.26. The molecule has 0 heterocycles. The van der Waals surface area contributed by atoms with Crippen LogP contribution < -0.4 is 11.1 Å². The first-order chi connectivity index (χ1) is 9.06. The molecule has 0 spiro atoms. The van der Waals surface area contributed by atoms with Crippen molar-refractivity contribution in [2.24, 2.45) is 5.73 Å². The molecule has 98 valence electrons. The zero-order chi connectivity index (χ0) is 13.8. The van der Waals surface area contributed by atoms with Crippen molar-refractivity contribution in [3.05, 3.63) is 63.6 Å². The summed E-state index contributed by atoms with van der Waals surface area (Å²) in [4.78, 5) is 0.415. The van der Waals surface area contributed by atoms with Crippen molar-refractivity contribution in [1.29, 1.82) is 0 Å². The number of thiocarbonyl (C=S) groups is 1. The molecule has 0 aromatic heterocycles. The standard InChI is InChI=1S/C15H15BrN2S/c1-10-2-7-13(15(17)19)14(8-10)18-9-11-3-5-12(16)6-4-11/h2-8,18H,9H2,1H3,(H2,17,19). The summed E-state index contributed by atoms with van der Waals surface area (Å²) >= 11 is 8.50. The maximum Gasteiger partial charge on any atom is 0.106 e. The van der Waals surface area contributed by atoms with Crippen LogP contribution in [0.4, 0.5) is 5.69 Å². The molecule has 0 unspecified atom stereocenters. The first-order valence-electron chi connectivity index (χ1n) is 5.95. The number of anilines is 1. The molecule has 0 aliphatic rings. The minimum atomic E-state index is 0.415. The SMILES string of the molecule is Cc1ccc(C(N)=S)c(NCc2ccc(Br)cc2)c1. The number of nitrogens with two attached hydrogens (primary N) is 1.